The molecular weight excluding hydrogens is 364 g/mol. The van der Waals surface area contributed by atoms with E-state index in [1.54, 1.807) is 0 Å². The van der Waals surface area contributed by atoms with Crippen LogP contribution in [0.25, 0.3) is 0 Å². The van der Waals surface area contributed by atoms with E-state index in [0.29, 0.717) is 6.42 Å². The van der Waals surface area contributed by atoms with Crippen LogP contribution in [0.15, 0.2) is 12.2 Å². The molecule has 27 heavy (non-hydrogen) atoms. The van der Waals surface area contributed by atoms with Crippen LogP contribution in [0.3, 0.4) is 0 Å². The van der Waals surface area contributed by atoms with E-state index in [1.165, 1.54) is 0 Å². The Bertz CT molecular complexity index is 475. The molecule has 0 radical (unpaired) electrons. The minimum atomic E-state index is -1.83. The van der Waals surface area contributed by atoms with E-state index < -0.39 is 55.3 Å². The van der Waals surface area contributed by atoms with Gasteiger partial charge in [-0.1, -0.05) is 19.1 Å². The van der Waals surface area contributed by atoms with E-state index in [2.05, 4.69) is 0 Å². The summed E-state index contributed by atoms with van der Waals surface area (Å²) in [5.74, 6) is 0. The Kier molecular flexibility index (Phi) is 8.56. The molecular formula is C17H30O10. The van der Waals surface area contributed by atoms with Gasteiger partial charge in [-0.2, -0.15) is 0 Å². The van der Waals surface area contributed by atoms with Crippen molar-refractivity contribution in [3.63, 3.8) is 0 Å². The highest BCUT2D eigenvalue weighted by Gasteiger charge is 2.50. The number of ether oxygens (including phenoxy) is 4. The molecule has 8 atom stereocenters. The maximum absolute atomic E-state index is 10.1. The third-order valence-corrected chi connectivity index (χ3v) is 4.64. The SMILES string of the molecule is CCC=CCCOC1OC(COC2OCC(O)(CO)C2O)C(O)C(O)C1O. The molecule has 2 heterocycles. The van der Waals surface area contributed by atoms with E-state index in [4.69, 9.17) is 24.1 Å². The molecule has 8 unspecified atom stereocenters. The van der Waals surface area contributed by atoms with Crippen LogP contribution in [0.5, 0.6) is 0 Å². The average molecular weight is 394 g/mol. The summed E-state index contributed by atoms with van der Waals surface area (Å²) in [4.78, 5) is 0. The summed E-state index contributed by atoms with van der Waals surface area (Å²) in [5.41, 5.74) is -1.83. The molecule has 0 amide bonds. The Hall–Kier alpha value is -0.660. The zero-order valence-corrected chi connectivity index (χ0v) is 15.3. The van der Waals surface area contributed by atoms with E-state index in [0.717, 1.165) is 6.42 Å². The van der Waals surface area contributed by atoms with Gasteiger partial charge in [0.25, 0.3) is 0 Å². The van der Waals surface area contributed by atoms with Crippen molar-refractivity contribution < 1.29 is 49.6 Å². The minimum absolute atomic E-state index is 0.253. The van der Waals surface area contributed by atoms with E-state index in [-0.39, 0.29) is 19.8 Å². The fraction of sp³-hybridized carbons (Fsp3) is 0.882. The molecule has 0 bridgehead atoms. The quantitative estimate of drug-likeness (QED) is 0.184. The van der Waals surface area contributed by atoms with Crippen LogP contribution in [0.2, 0.25) is 0 Å². The molecule has 0 aliphatic carbocycles. The highest BCUT2D eigenvalue weighted by molar-refractivity contribution is 4.94. The summed E-state index contributed by atoms with van der Waals surface area (Å²) in [6, 6.07) is 0. The van der Waals surface area contributed by atoms with Gasteiger partial charge < -0.3 is 49.6 Å². The third kappa shape index (κ3) is 5.45. The molecule has 10 heteroatoms. The van der Waals surface area contributed by atoms with Crippen molar-refractivity contribution in [1.29, 1.82) is 0 Å². The van der Waals surface area contributed by atoms with Gasteiger partial charge in [0, 0.05) is 0 Å². The first-order valence-corrected chi connectivity index (χ1v) is 9.04. The Morgan fingerprint density at radius 1 is 1.04 bits per heavy atom. The van der Waals surface area contributed by atoms with Crippen LogP contribution in [0, 0.1) is 0 Å². The summed E-state index contributed by atoms with van der Waals surface area (Å²) in [6.45, 7) is 0.929. The number of hydrogen-bond donors (Lipinski definition) is 6. The number of aliphatic hydroxyl groups excluding tert-OH is 5. The zero-order valence-electron chi connectivity index (χ0n) is 15.3. The summed E-state index contributed by atoms with van der Waals surface area (Å²) in [7, 11) is 0. The highest BCUT2D eigenvalue weighted by Crippen LogP contribution is 2.27. The first-order chi connectivity index (χ1) is 12.8. The van der Waals surface area contributed by atoms with Crippen molar-refractivity contribution in [2.45, 2.75) is 68.5 Å². The lowest BCUT2D eigenvalue weighted by Crippen LogP contribution is -2.59. The number of hydrogen-bond acceptors (Lipinski definition) is 10. The first kappa shape index (κ1) is 22.6. The molecule has 2 saturated heterocycles. The van der Waals surface area contributed by atoms with Crippen molar-refractivity contribution in [2.24, 2.45) is 0 Å². The topological polar surface area (TPSA) is 158 Å². The van der Waals surface area contributed by atoms with Gasteiger partial charge in [0.2, 0.25) is 0 Å². The molecule has 158 valence electrons. The first-order valence-electron chi connectivity index (χ1n) is 9.04. The number of allylic oxidation sites excluding steroid dienone is 1. The van der Waals surface area contributed by atoms with Crippen molar-refractivity contribution in [1.82, 2.24) is 0 Å². The zero-order chi connectivity index (χ0) is 20.0. The second kappa shape index (κ2) is 10.2. The van der Waals surface area contributed by atoms with Crippen molar-refractivity contribution in [3.05, 3.63) is 12.2 Å². The fourth-order valence-corrected chi connectivity index (χ4v) is 2.85. The number of aliphatic hydroxyl groups is 6. The average Bonchev–Trinajstić information content (AvgIpc) is 2.95. The standard InChI is InChI=1S/C17H30O10/c1-2-3-4-5-6-24-15-13(21)12(20)11(19)10(27-15)7-25-16-14(22)17(23,8-18)9-26-16/h3-4,10-16,18-23H,2,5-9H2,1H3. The molecule has 0 aromatic rings. The fourth-order valence-electron chi connectivity index (χ4n) is 2.85. The predicted octanol–water partition coefficient (Wildman–Crippen LogP) is -2.38. The molecule has 0 aromatic carbocycles. The molecule has 6 N–H and O–H groups in total. The van der Waals surface area contributed by atoms with E-state index in [9.17, 15) is 25.5 Å². The van der Waals surface area contributed by atoms with Gasteiger partial charge in [-0.05, 0) is 12.8 Å². The maximum atomic E-state index is 10.1. The summed E-state index contributed by atoms with van der Waals surface area (Å²) in [5, 5.41) is 59.1. The Morgan fingerprint density at radius 3 is 2.41 bits per heavy atom. The molecule has 0 spiro atoms. The largest absolute Gasteiger partial charge is 0.393 e. The van der Waals surface area contributed by atoms with Crippen molar-refractivity contribution in [2.75, 3.05) is 26.4 Å². The Morgan fingerprint density at radius 2 is 1.78 bits per heavy atom. The lowest BCUT2D eigenvalue weighted by molar-refractivity contribution is -0.309. The van der Waals surface area contributed by atoms with Crippen LogP contribution in [0.1, 0.15) is 19.8 Å². The van der Waals surface area contributed by atoms with E-state index >= 15 is 0 Å². The molecule has 2 aliphatic rings. The van der Waals surface area contributed by atoms with Gasteiger partial charge in [0.05, 0.1) is 26.4 Å². The lowest BCUT2D eigenvalue weighted by Gasteiger charge is -2.40. The van der Waals surface area contributed by atoms with Crippen molar-refractivity contribution in [3.8, 4) is 0 Å². The molecule has 0 saturated carbocycles. The summed E-state index contributed by atoms with van der Waals surface area (Å²) < 4.78 is 21.3. The molecule has 0 aromatic heterocycles. The van der Waals surface area contributed by atoms with Gasteiger partial charge in [-0.25, -0.2) is 0 Å². The van der Waals surface area contributed by atoms with Crippen LogP contribution < -0.4 is 0 Å². The van der Waals surface area contributed by atoms with Crippen LogP contribution in [0.4, 0.5) is 0 Å². The second-order valence-corrected chi connectivity index (χ2v) is 6.77. The van der Waals surface area contributed by atoms with Crippen LogP contribution in [-0.4, -0.2) is 106 Å². The van der Waals surface area contributed by atoms with E-state index in [1.807, 2.05) is 19.1 Å². The Balaban J connectivity index is 1.87. The van der Waals surface area contributed by atoms with Gasteiger partial charge in [-0.3, -0.25) is 0 Å². The van der Waals surface area contributed by atoms with Crippen LogP contribution in [-0.2, 0) is 18.9 Å². The third-order valence-electron chi connectivity index (χ3n) is 4.64. The molecule has 2 aliphatic heterocycles. The number of rotatable bonds is 9. The van der Waals surface area contributed by atoms with Gasteiger partial charge in [-0.15, -0.1) is 0 Å². The lowest BCUT2D eigenvalue weighted by atomic mass is 9.99. The predicted molar refractivity (Wildman–Crippen MR) is 90.4 cm³/mol. The monoisotopic (exact) mass is 394 g/mol. The Labute approximate surface area is 157 Å². The van der Waals surface area contributed by atoms with Crippen molar-refractivity contribution >= 4 is 0 Å². The van der Waals surface area contributed by atoms with Crippen LogP contribution >= 0.6 is 0 Å². The molecule has 10 nitrogen and oxygen atoms in total. The maximum Gasteiger partial charge on any atom is 0.186 e. The highest BCUT2D eigenvalue weighted by atomic mass is 16.7. The van der Waals surface area contributed by atoms with Gasteiger partial charge >= 0.3 is 0 Å². The normalized spacial score (nSPS) is 42.9. The minimum Gasteiger partial charge on any atom is -0.393 e. The van der Waals surface area contributed by atoms with Gasteiger partial charge in [0.1, 0.15) is 36.1 Å². The smallest absolute Gasteiger partial charge is 0.186 e. The molecule has 2 fully saturated rings. The second-order valence-electron chi connectivity index (χ2n) is 6.77. The summed E-state index contributed by atoms with van der Waals surface area (Å²) >= 11 is 0. The van der Waals surface area contributed by atoms with Gasteiger partial charge in [0.15, 0.2) is 12.6 Å². The molecule has 2 rings (SSSR count). The summed E-state index contributed by atoms with van der Waals surface area (Å²) in [6.07, 6.45) is -3.94.